The molecule has 0 spiro atoms. The zero-order valence-corrected chi connectivity index (χ0v) is 14.2. The number of ether oxygens (including phenoxy) is 1. The van der Waals surface area contributed by atoms with Gasteiger partial charge in [0.1, 0.15) is 11.8 Å². The van der Waals surface area contributed by atoms with Gasteiger partial charge in [-0.2, -0.15) is 13.2 Å². The lowest BCUT2D eigenvalue weighted by Crippen LogP contribution is -2.60. The summed E-state index contributed by atoms with van der Waals surface area (Å²) in [5.41, 5.74) is -0.177. The van der Waals surface area contributed by atoms with Crippen LogP contribution in [-0.4, -0.2) is 48.3 Å². The quantitative estimate of drug-likeness (QED) is 0.905. The molecule has 25 heavy (non-hydrogen) atoms. The fraction of sp³-hybridized carbons (Fsp3) is 0.611. The number of carbonyl (C=O) groups is 1. The predicted molar refractivity (Wildman–Crippen MR) is 87.4 cm³/mol. The van der Waals surface area contributed by atoms with Gasteiger partial charge in [-0.15, -0.1) is 0 Å². The molecule has 2 aliphatic heterocycles. The molecule has 4 nitrogen and oxygen atoms in total. The Labute approximate surface area is 145 Å². The number of halogens is 3. The minimum absolute atomic E-state index is 0.0336. The number of hydrogen-bond donors (Lipinski definition) is 1. The van der Waals surface area contributed by atoms with Crippen molar-refractivity contribution in [2.75, 3.05) is 19.6 Å². The Morgan fingerprint density at radius 3 is 2.48 bits per heavy atom. The number of carbonyl (C=O) groups excluding carboxylic acids is 1. The summed E-state index contributed by atoms with van der Waals surface area (Å²) in [5.74, 6) is -0.0157. The first-order valence-electron chi connectivity index (χ1n) is 8.66. The molecule has 2 fully saturated rings. The molecular formula is C18H23F3N2O2. The highest BCUT2D eigenvalue weighted by molar-refractivity contribution is 5.86. The summed E-state index contributed by atoms with van der Waals surface area (Å²) in [6.45, 7) is 3.16. The Morgan fingerprint density at radius 2 is 1.88 bits per heavy atom. The zero-order valence-electron chi connectivity index (χ0n) is 14.2. The second-order valence-electron chi connectivity index (χ2n) is 6.86. The lowest BCUT2D eigenvalue weighted by atomic mass is 9.90. The molecule has 3 rings (SSSR count). The minimum atomic E-state index is -4.40. The normalized spacial score (nSPS) is 23.5. The fourth-order valence-corrected chi connectivity index (χ4v) is 3.63. The first-order chi connectivity index (χ1) is 11.8. The van der Waals surface area contributed by atoms with Crippen molar-refractivity contribution < 1.29 is 22.7 Å². The second-order valence-corrected chi connectivity index (χ2v) is 6.86. The van der Waals surface area contributed by atoms with Crippen molar-refractivity contribution in [1.29, 1.82) is 0 Å². The molecule has 2 heterocycles. The first kappa shape index (κ1) is 18.0. The molecule has 1 aromatic carbocycles. The highest BCUT2D eigenvalue weighted by Crippen LogP contribution is 2.37. The zero-order chi connectivity index (χ0) is 18.1. The van der Waals surface area contributed by atoms with E-state index >= 15 is 0 Å². The maximum absolute atomic E-state index is 13.3. The van der Waals surface area contributed by atoms with Gasteiger partial charge < -0.3 is 15.0 Å². The lowest BCUT2D eigenvalue weighted by Gasteiger charge is -2.40. The highest BCUT2D eigenvalue weighted by atomic mass is 19.4. The third-order valence-electron chi connectivity index (χ3n) is 5.03. The van der Waals surface area contributed by atoms with E-state index in [1.54, 1.807) is 12.1 Å². The molecule has 1 aromatic rings. The SMILES string of the molecule is Cc1ccc(OC2(C(=O)N3CCC[C@@H]3C(F)(F)F)CCNCC2)cc1. The Hall–Kier alpha value is -1.76. The molecule has 1 atom stereocenters. The van der Waals surface area contributed by atoms with Crippen LogP contribution in [0.3, 0.4) is 0 Å². The monoisotopic (exact) mass is 356 g/mol. The molecule has 0 aliphatic carbocycles. The van der Waals surface area contributed by atoms with E-state index in [9.17, 15) is 18.0 Å². The largest absolute Gasteiger partial charge is 0.477 e. The van der Waals surface area contributed by atoms with Crippen molar-refractivity contribution in [3.8, 4) is 5.75 Å². The maximum atomic E-state index is 13.3. The molecular weight excluding hydrogens is 333 g/mol. The lowest BCUT2D eigenvalue weighted by molar-refractivity contribution is -0.190. The van der Waals surface area contributed by atoms with Gasteiger partial charge in [0.15, 0.2) is 5.60 Å². The van der Waals surface area contributed by atoms with E-state index in [1.807, 2.05) is 19.1 Å². The van der Waals surface area contributed by atoms with Gasteiger partial charge in [-0.3, -0.25) is 4.79 Å². The summed E-state index contributed by atoms with van der Waals surface area (Å²) in [6, 6.07) is 5.55. The molecule has 0 saturated carbocycles. The average molecular weight is 356 g/mol. The summed E-state index contributed by atoms with van der Waals surface area (Å²) in [7, 11) is 0. The van der Waals surface area contributed by atoms with Gasteiger partial charge in [-0.05, 0) is 45.0 Å². The number of rotatable bonds is 3. The van der Waals surface area contributed by atoms with Crippen molar-refractivity contribution in [2.45, 2.75) is 50.4 Å². The number of amides is 1. The summed E-state index contributed by atoms with van der Waals surface area (Å²) in [6.07, 6.45) is -3.34. The second kappa shape index (κ2) is 6.86. The fourth-order valence-electron chi connectivity index (χ4n) is 3.63. The molecule has 0 radical (unpaired) electrons. The summed E-state index contributed by atoms with van der Waals surface area (Å²) < 4.78 is 45.9. The molecule has 1 amide bonds. The van der Waals surface area contributed by atoms with E-state index in [4.69, 9.17) is 4.74 Å². The van der Waals surface area contributed by atoms with Gasteiger partial charge in [-0.1, -0.05) is 17.7 Å². The molecule has 0 aromatic heterocycles. The number of alkyl halides is 3. The van der Waals surface area contributed by atoms with Crippen LogP contribution in [0.4, 0.5) is 13.2 Å². The third-order valence-corrected chi connectivity index (χ3v) is 5.03. The summed E-state index contributed by atoms with van der Waals surface area (Å²) >= 11 is 0. The Kier molecular flexibility index (Phi) is 4.95. The van der Waals surface area contributed by atoms with Crippen LogP contribution in [-0.2, 0) is 4.79 Å². The standard InChI is InChI=1S/C18H23F3N2O2/c1-13-4-6-14(7-5-13)25-17(8-10-22-11-9-17)16(24)23-12-2-3-15(23)18(19,20)21/h4-7,15,22H,2-3,8-12H2,1H3/t15-/m1/s1. The van der Waals surface area contributed by atoms with E-state index in [1.165, 1.54) is 0 Å². The van der Waals surface area contributed by atoms with Gasteiger partial charge in [0, 0.05) is 19.4 Å². The van der Waals surface area contributed by atoms with Gasteiger partial charge >= 0.3 is 6.18 Å². The van der Waals surface area contributed by atoms with Crippen molar-refractivity contribution in [3.63, 3.8) is 0 Å². The first-order valence-corrected chi connectivity index (χ1v) is 8.66. The summed E-state index contributed by atoms with van der Waals surface area (Å²) in [4.78, 5) is 14.1. The predicted octanol–water partition coefficient (Wildman–Crippen LogP) is 3.05. The third kappa shape index (κ3) is 3.76. The molecule has 2 saturated heterocycles. The minimum Gasteiger partial charge on any atom is -0.477 e. The van der Waals surface area contributed by atoms with Gasteiger partial charge in [0.25, 0.3) is 5.91 Å². The number of nitrogens with zero attached hydrogens (tertiary/aromatic N) is 1. The molecule has 0 unspecified atom stereocenters. The van der Waals surface area contributed by atoms with E-state index in [0.717, 1.165) is 10.5 Å². The van der Waals surface area contributed by atoms with Gasteiger partial charge in [0.2, 0.25) is 0 Å². The van der Waals surface area contributed by atoms with E-state index in [-0.39, 0.29) is 13.0 Å². The number of piperidine rings is 1. The molecule has 0 bridgehead atoms. The number of nitrogens with one attached hydrogen (secondary N) is 1. The van der Waals surface area contributed by atoms with E-state index in [2.05, 4.69) is 5.32 Å². The molecule has 138 valence electrons. The number of likely N-dealkylation sites (tertiary alicyclic amines) is 1. The average Bonchev–Trinajstić information content (AvgIpc) is 3.07. The number of hydrogen-bond acceptors (Lipinski definition) is 3. The van der Waals surface area contributed by atoms with Crippen LogP contribution in [0.25, 0.3) is 0 Å². The number of benzene rings is 1. The maximum Gasteiger partial charge on any atom is 0.408 e. The topological polar surface area (TPSA) is 41.6 Å². The van der Waals surface area contributed by atoms with Crippen LogP contribution >= 0.6 is 0 Å². The van der Waals surface area contributed by atoms with Crippen molar-refractivity contribution in [1.82, 2.24) is 10.2 Å². The number of aryl methyl sites for hydroxylation is 1. The Balaban J connectivity index is 1.86. The van der Waals surface area contributed by atoms with Crippen LogP contribution < -0.4 is 10.1 Å². The van der Waals surface area contributed by atoms with Crippen LogP contribution in [0, 0.1) is 6.92 Å². The highest BCUT2D eigenvalue weighted by Gasteiger charge is 2.53. The van der Waals surface area contributed by atoms with Crippen molar-refractivity contribution in [2.24, 2.45) is 0 Å². The van der Waals surface area contributed by atoms with Gasteiger partial charge in [-0.25, -0.2) is 0 Å². The van der Waals surface area contributed by atoms with E-state index < -0.39 is 23.7 Å². The van der Waals surface area contributed by atoms with Gasteiger partial charge in [0.05, 0.1) is 0 Å². The molecule has 7 heteroatoms. The van der Waals surface area contributed by atoms with Crippen molar-refractivity contribution >= 4 is 5.91 Å². The van der Waals surface area contributed by atoms with Crippen molar-refractivity contribution in [3.05, 3.63) is 29.8 Å². The van der Waals surface area contributed by atoms with Crippen LogP contribution in [0.5, 0.6) is 5.75 Å². The molecule has 1 N–H and O–H groups in total. The van der Waals surface area contributed by atoms with E-state index in [0.29, 0.717) is 38.1 Å². The molecule has 2 aliphatic rings. The summed E-state index contributed by atoms with van der Waals surface area (Å²) in [5, 5.41) is 3.15. The van der Waals surface area contributed by atoms with Crippen LogP contribution in [0.15, 0.2) is 24.3 Å². The smallest absolute Gasteiger partial charge is 0.408 e. The van der Waals surface area contributed by atoms with Crippen LogP contribution in [0.1, 0.15) is 31.2 Å². The van der Waals surface area contributed by atoms with Crippen LogP contribution in [0.2, 0.25) is 0 Å². The Bertz CT molecular complexity index is 610. The Morgan fingerprint density at radius 1 is 1.24 bits per heavy atom.